The number of carbonyl (C=O) groups is 1. The van der Waals surface area contributed by atoms with E-state index in [0.717, 1.165) is 5.56 Å². The Morgan fingerprint density at radius 3 is 2.73 bits per heavy atom. The lowest BCUT2D eigenvalue weighted by atomic mass is 10.2. The molecule has 0 radical (unpaired) electrons. The van der Waals surface area contributed by atoms with Crippen LogP contribution in [0.25, 0.3) is 6.08 Å². The fourth-order valence-corrected chi connectivity index (χ4v) is 0.896. The first-order valence-electron chi connectivity index (χ1n) is 4.50. The van der Waals surface area contributed by atoms with Crippen molar-refractivity contribution in [1.82, 2.24) is 0 Å². The molecule has 0 atom stereocenters. The van der Waals surface area contributed by atoms with E-state index in [1.807, 2.05) is 30.3 Å². The Hall–Kier alpha value is -1.87. The maximum atomic E-state index is 11.0. The molecule has 1 aromatic rings. The van der Waals surface area contributed by atoms with Crippen molar-refractivity contribution in [2.75, 3.05) is 6.61 Å². The van der Waals surface area contributed by atoms with Gasteiger partial charge >= 0.3 is 5.97 Å². The van der Waals surface area contributed by atoms with Gasteiger partial charge in [-0.15, -0.1) is 6.58 Å². The van der Waals surface area contributed by atoms with Gasteiger partial charge in [-0.1, -0.05) is 36.4 Å². The van der Waals surface area contributed by atoms with Gasteiger partial charge in [0, 0.05) is 6.08 Å². The van der Waals surface area contributed by atoms with Crippen molar-refractivity contribution in [3.8, 4) is 0 Å². The third-order valence-electron chi connectivity index (χ3n) is 1.54. The number of carbonyl (C=O) groups excluding carboxylic acids is 1. The normalized spacial score (nSPS) is 10.1. The zero-order chi connectivity index (χ0) is 10.9. The van der Waals surface area contributed by atoms with Gasteiger partial charge < -0.3 is 0 Å². The summed E-state index contributed by atoms with van der Waals surface area (Å²) < 4.78 is 0. The molecular formula is C12H12O3. The highest BCUT2D eigenvalue weighted by Gasteiger charge is 1.96. The first kappa shape index (κ1) is 11.2. The van der Waals surface area contributed by atoms with Crippen molar-refractivity contribution in [1.29, 1.82) is 0 Å². The molecule has 3 nitrogen and oxygen atoms in total. The molecule has 0 unspecified atom stereocenters. The van der Waals surface area contributed by atoms with Crippen LogP contribution in [0.2, 0.25) is 0 Å². The molecule has 15 heavy (non-hydrogen) atoms. The lowest BCUT2D eigenvalue weighted by Gasteiger charge is -1.96. The third-order valence-corrected chi connectivity index (χ3v) is 1.54. The van der Waals surface area contributed by atoms with Crippen LogP contribution in [0.5, 0.6) is 0 Å². The van der Waals surface area contributed by atoms with E-state index in [1.54, 1.807) is 6.08 Å². The van der Waals surface area contributed by atoms with Gasteiger partial charge in [0.05, 0.1) is 0 Å². The van der Waals surface area contributed by atoms with Gasteiger partial charge in [0.1, 0.15) is 6.61 Å². The summed E-state index contributed by atoms with van der Waals surface area (Å²) in [7, 11) is 0. The fourth-order valence-electron chi connectivity index (χ4n) is 0.896. The van der Waals surface area contributed by atoms with Crippen LogP contribution in [0, 0.1) is 0 Å². The highest BCUT2D eigenvalue weighted by molar-refractivity contribution is 5.86. The minimum atomic E-state index is -0.541. The summed E-state index contributed by atoms with van der Waals surface area (Å²) in [5.41, 5.74) is 0.929. The lowest BCUT2D eigenvalue weighted by Crippen LogP contribution is -2.01. The Bertz CT molecular complexity index is 341. The summed E-state index contributed by atoms with van der Waals surface area (Å²) in [4.78, 5) is 19.9. The Morgan fingerprint density at radius 1 is 1.33 bits per heavy atom. The molecule has 0 aliphatic heterocycles. The largest absolute Gasteiger partial charge is 0.365 e. The van der Waals surface area contributed by atoms with Crippen LogP contribution in [0.3, 0.4) is 0 Å². The summed E-state index contributed by atoms with van der Waals surface area (Å²) in [6.45, 7) is 3.60. The van der Waals surface area contributed by atoms with Crippen LogP contribution >= 0.6 is 0 Å². The van der Waals surface area contributed by atoms with Crippen LogP contribution in [0.15, 0.2) is 49.1 Å². The molecule has 1 rings (SSSR count). The predicted molar refractivity (Wildman–Crippen MR) is 57.7 cm³/mol. The molecule has 0 saturated heterocycles. The van der Waals surface area contributed by atoms with Crippen LogP contribution in [-0.4, -0.2) is 12.6 Å². The maximum Gasteiger partial charge on any atom is 0.365 e. The molecule has 0 aliphatic carbocycles. The summed E-state index contributed by atoms with van der Waals surface area (Å²) in [5, 5.41) is 0. The Kier molecular flexibility index (Phi) is 4.90. The molecular weight excluding hydrogens is 192 g/mol. The van der Waals surface area contributed by atoms with Crippen molar-refractivity contribution < 1.29 is 14.6 Å². The number of rotatable bonds is 5. The minimum absolute atomic E-state index is 0.185. The average molecular weight is 204 g/mol. The van der Waals surface area contributed by atoms with E-state index in [9.17, 15) is 4.79 Å². The number of benzene rings is 1. The number of hydrogen-bond acceptors (Lipinski definition) is 3. The average Bonchev–Trinajstić information content (AvgIpc) is 2.28. The molecule has 0 aliphatic rings. The standard InChI is InChI=1S/C12H12O3/c1-2-10-14-15-12(13)9-8-11-6-4-3-5-7-11/h2-9H,1,10H2/b9-8+. The second-order valence-corrected chi connectivity index (χ2v) is 2.72. The van der Waals surface area contributed by atoms with Gasteiger partial charge in [-0.2, -0.15) is 4.89 Å². The molecule has 0 heterocycles. The van der Waals surface area contributed by atoms with Gasteiger partial charge in [0.2, 0.25) is 0 Å². The molecule has 3 heteroatoms. The first-order chi connectivity index (χ1) is 7.33. The van der Waals surface area contributed by atoms with Crippen molar-refractivity contribution in [3.05, 3.63) is 54.6 Å². The van der Waals surface area contributed by atoms with Gasteiger partial charge in [0.25, 0.3) is 0 Å². The minimum Gasteiger partial charge on any atom is -0.293 e. The third kappa shape index (κ3) is 4.78. The van der Waals surface area contributed by atoms with Crippen molar-refractivity contribution in [2.24, 2.45) is 0 Å². The van der Waals surface area contributed by atoms with E-state index >= 15 is 0 Å². The van der Waals surface area contributed by atoms with E-state index in [1.165, 1.54) is 12.2 Å². The van der Waals surface area contributed by atoms with E-state index in [-0.39, 0.29) is 6.61 Å². The van der Waals surface area contributed by atoms with Crippen LogP contribution in [-0.2, 0) is 14.6 Å². The predicted octanol–water partition coefficient (Wildman–Crippen LogP) is 2.36. The molecule has 1 aromatic carbocycles. The molecule has 0 bridgehead atoms. The maximum absolute atomic E-state index is 11.0. The van der Waals surface area contributed by atoms with Crippen LogP contribution in [0.1, 0.15) is 5.56 Å². The molecule has 0 fully saturated rings. The zero-order valence-electron chi connectivity index (χ0n) is 8.26. The Morgan fingerprint density at radius 2 is 2.07 bits per heavy atom. The number of hydrogen-bond donors (Lipinski definition) is 0. The molecule has 0 N–H and O–H groups in total. The second-order valence-electron chi connectivity index (χ2n) is 2.72. The van der Waals surface area contributed by atoms with Crippen molar-refractivity contribution in [2.45, 2.75) is 0 Å². The summed E-state index contributed by atoms with van der Waals surface area (Å²) >= 11 is 0. The molecule has 0 saturated carbocycles. The van der Waals surface area contributed by atoms with Crippen LogP contribution < -0.4 is 0 Å². The van der Waals surface area contributed by atoms with Gasteiger partial charge in [-0.3, -0.25) is 4.89 Å². The summed E-state index contributed by atoms with van der Waals surface area (Å²) in [6.07, 6.45) is 4.45. The van der Waals surface area contributed by atoms with Crippen LogP contribution in [0.4, 0.5) is 0 Å². The summed E-state index contributed by atoms with van der Waals surface area (Å²) in [5.74, 6) is -0.541. The smallest absolute Gasteiger partial charge is 0.293 e. The highest BCUT2D eigenvalue weighted by Crippen LogP contribution is 2.01. The van der Waals surface area contributed by atoms with E-state index in [0.29, 0.717) is 0 Å². The van der Waals surface area contributed by atoms with Crippen molar-refractivity contribution in [3.63, 3.8) is 0 Å². The topological polar surface area (TPSA) is 35.5 Å². The molecule has 0 amide bonds. The quantitative estimate of drug-likeness (QED) is 0.243. The first-order valence-corrected chi connectivity index (χ1v) is 4.50. The molecule has 0 spiro atoms. The second kappa shape index (κ2) is 6.56. The summed E-state index contributed by atoms with van der Waals surface area (Å²) in [6, 6.07) is 9.45. The van der Waals surface area contributed by atoms with Crippen molar-refractivity contribution >= 4 is 12.0 Å². The highest BCUT2D eigenvalue weighted by atomic mass is 17.2. The van der Waals surface area contributed by atoms with E-state index < -0.39 is 5.97 Å². The zero-order valence-corrected chi connectivity index (χ0v) is 8.26. The van der Waals surface area contributed by atoms with E-state index in [4.69, 9.17) is 0 Å². The monoisotopic (exact) mass is 204 g/mol. The molecule has 78 valence electrons. The fraction of sp³-hybridized carbons (Fsp3) is 0.0833. The van der Waals surface area contributed by atoms with E-state index in [2.05, 4.69) is 16.4 Å². The Balaban J connectivity index is 2.37. The Labute approximate surface area is 88.6 Å². The van der Waals surface area contributed by atoms with Gasteiger partial charge in [-0.05, 0) is 11.6 Å². The lowest BCUT2D eigenvalue weighted by molar-refractivity contribution is -0.260. The van der Waals surface area contributed by atoms with Gasteiger partial charge in [-0.25, -0.2) is 4.79 Å². The SMILES string of the molecule is C=CCOOC(=O)/C=C/c1ccccc1. The molecule has 0 aromatic heterocycles. The van der Waals surface area contributed by atoms with Gasteiger partial charge in [0.15, 0.2) is 0 Å².